The maximum atomic E-state index is 11.1. The highest BCUT2D eigenvalue weighted by molar-refractivity contribution is 5.78. The van der Waals surface area contributed by atoms with E-state index < -0.39 is 11.5 Å². The first-order valence-corrected chi connectivity index (χ1v) is 5.33. The topological polar surface area (TPSA) is 67.2 Å². The van der Waals surface area contributed by atoms with Crippen molar-refractivity contribution in [1.82, 2.24) is 15.1 Å². The highest BCUT2D eigenvalue weighted by Gasteiger charge is 2.31. The molecule has 2 N–H and O–H groups in total. The zero-order valence-corrected chi connectivity index (χ0v) is 10.2. The number of nitrogens with zero attached hydrogens (tertiary/aromatic N) is 2. The Morgan fingerprint density at radius 2 is 2.31 bits per heavy atom. The monoisotopic (exact) mass is 225 g/mol. The van der Waals surface area contributed by atoms with Crippen molar-refractivity contribution in [2.75, 3.05) is 7.05 Å². The molecule has 1 aromatic heterocycles. The Balaban J connectivity index is 2.82. The second kappa shape index (κ2) is 4.65. The van der Waals surface area contributed by atoms with Gasteiger partial charge < -0.3 is 10.4 Å². The van der Waals surface area contributed by atoms with Gasteiger partial charge in [-0.2, -0.15) is 5.10 Å². The van der Waals surface area contributed by atoms with Crippen LogP contribution in [0.15, 0.2) is 12.4 Å². The molecule has 1 rings (SSSR count). The number of hydrogen-bond acceptors (Lipinski definition) is 3. The molecule has 0 bridgehead atoms. The van der Waals surface area contributed by atoms with Crippen LogP contribution in [0.3, 0.4) is 0 Å². The molecule has 1 aromatic rings. The minimum Gasteiger partial charge on any atom is -0.480 e. The van der Waals surface area contributed by atoms with Crippen molar-refractivity contribution < 1.29 is 9.90 Å². The van der Waals surface area contributed by atoms with Crippen molar-refractivity contribution >= 4 is 5.97 Å². The molecule has 0 fully saturated rings. The van der Waals surface area contributed by atoms with Gasteiger partial charge >= 0.3 is 5.97 Å². The van der Waals surface area contributed by atoms with Crippen LogP contribution in [0.4, 0.5) is 0 Å². The molecular formula is C11H19N3O2. The van der Waals surface area contributed by atoms with Crippen molar-refractivity contribution in [1.29, 1.82) is 0 Å². The van der Waals surface area contributed by atoms with E-state index in [4.69, 9.17) is 5.11 Å². The third kappa shape index (κ3) is 2.61. The molecule has 0 saturated carbocycles. The van der Waals surface area contributed by atoms with Crippen LogP contribution in [0, 0.1) is 0 Å². The van der Waals surface area contributed by atoms with Crippen LogP contribution in [-0.2, 0) is 11.3 Å². The van der Waals surface area contributed by atoms with Gasteiger partial charge in [0.25, 0.3) is 0 Å². The average molecular weight is 225 g/mol. The number of rotatable bonds is 5. The highest BCUT2D eigenvalue weighted by Crippen LogP contribution is 2.14. The van der Waals surface area contributed by atoms with Gasteiger partial charge in [-0.3, -0.25) is 9.48 Å². The number of hydrogen-bond donors (Lipinski definition) is 2. The quantitative estimate of drug-likeness (QED) is 0.786. The lowest BCUT2D eigenvalue weighted by atomic mass is 10.0. The van der Waals surface area contributed by atoms with Crippen LogP contribution in [0.5, 0.6) is 0 Å². The molecule has 5 nitrogen and oxygen atoms in total. The summed E-state index contributed by atoms with van der Waals surface area (Å²) in [6.45, 7) is 6.11. The van der Waals surface area contributed by atoms with Gasteiger partial charge in [0, 0.05) is 6.20 Å². The Hall–Kier alpha value is -1.36. The molecule has 1 atom stereocenters. The van der Waals surface area contributed by atoms with Crippen molar-refractivity contribution in [2.45, 2.75) is 38.8 Å². The summed E-state index contributed by atoms with van der Waals surface area (Å²) < 4.78 is 1.67. The smallest absolute Gasteiger partial charge is 0.325 e. The van der Waals surface area contributed by atoms with Crippen molar-refractivity contribution in [3.05, 3.63) is 18.0 Å². The number of aromatic nitrogens is 2. The predicted molar refractivity (Wildman–Crippen MR) is 61.4 cm³/mol. The zero-order valence-electron chi connectivity index (χ0n) is 10.2. The highest BCUT2D eigenvalue weighted by atomic mass is 16.4. The molecule has 0 aliphatic heterocycles. The second-order valence-electron chi connectivity index (χ2n) is 4.51. The average Bonchev–Trinajstić information content (AvgIpc) is 2.65. The number of aliphatic carboxylic acids is 1. The van der Waals surface area contributed by atoms with Crippen LogP contribution >= 0.6 is 0 Å². The Labute approximate surface area is 95.5 Å². The zero-order chi connectivity index (χ0) is 12.3. The molecule has 0 amide bonds. The first-order chi connectivity index (χ1) is 7.39. The van der Waals surface area contributed by atoms with Gasteiger partial charge in [0.2, 0.25) is 0 Å². The number of likely N-dealkylation sites (N-methyl/N-ethyl adjacent to an activating group) is 1. The lowest BCUT2D eigenvalue weighted by Crippen LogP contribution is -2.50. The molecule has 0 aliphatic rings. The van der Waals surface area contributed by atoms with E-state index >= 15 is 0 Å². The summed E-state index contributed by atoms with van der Waals surface area (Å²) in [6, 6.07) is 0. The summed E-state index contributed by atoms with van der Waals surface area (Å²) >= 11 is 0. The van der Waals surface area contributed by atoms with E-state index in [1.807, 2.05) is 6.20 Å². The number of carbonyl (C=O) groups is 1. The predicted octanol–water partition coefficient (Wildman–Crippen LogP) is 1.07. The Morgan fingerprint density at radius 1 is 1.69 bits per heavy atom. The summed E-state index contributed by atoms with van der Waals surface area (Å²) in [5, 5.41) is 16.1. The van der Waals surface area contributed by atoms with E-state index in [9.17, 15) is 4.79 Å². The second-order valence-corrected chi connectivity index (χ2v) is 4.51. The summed E-state index contributed by atoms with van der Waals surface area (Å²) in [5.41, 5.74) is 0.129. The van der Waals surface area contributed by atoms with E-state index in [0.717, 1.165) is 5.56 Å². The molecule has 1 unspecified atom stereocenters. The van der Waals surface area contributed by atoms with Crippen LogP contribution in [0.25, 0.3) is 0 Å². The Bertz CT molecular complexity index is 373. The number of carboxylic acid groups (broad SMARTS) is 1. The fraction of sp³-hybridized carbons (Fsp3) is 0.636. The molecule has 5 heteroatoms. The first-order valence-electron chi connectivity index (χ1n) is 5.33. The fourth-order valence-electron chi connectivity index (χ4n) is 1.34. The molecule has 16 heavy (non-hydrogen) atoms. The third-order valence-corrected chi connectivity index (χ3v) is 2.82. The molecule has 0 spiro atoms. The van der Waals surface area contributed by atoms with E-state index in [1.165, 1.54) is 0 Å². The molecule has 1 heterocycles. The summed E-state index contributed by atoms with van der Waals surface area (Å²) in [5.74, 6) is -0.476. The number of carboxylic acids is 1. The van der Waals surface area contributed by atoms with Crippen molar-refractivity contribution in [3.8, 4) is 0 Å². The van der Waals surface area contributed by atoms with E-state index in [2.05, 4.69) is 24.3 Å². The maximum Gasteiger partial charge on any atom is 0.325 e. The van der Waals surface area contributed by atoms with Gasteiger partial charge in [-0.05, 0) is 25.5 Å². The van der Waals surface area contributed by atoms with Crippen LogP contribution in [0.1, 0.15) is 32.3 Å². The standard InChI is InChI=1S/C11H19N3O2/c1-8(2)9-5-13-14(6-9)7-11(3,12-4)10(15)16/h5-6,8,12H,7H2,1-4H3,(H,15,16). The molecular weight excluding hydrogens is 206 g/mol. The van der Waals surface area contributed by atoms with Gasteiger partial charge in [0.05, 0.1) is 12.7 Å². The van der Waals surface area contributed by atoms with Gasteiger partial charge in [-0.15, -0.1) is 0 Å². The Kier molecular flexibility index (Phi) is 3.70. The summed E-state index contributed by atoms with van der Waals surface area (Å²) in [7, 11) is 1.64. The Morgan fingerprint density at radius 3 is 2.69 bits per heavy atom. The summed E-state index contributed by atoms with van der Waals surface area (Å²) in [4.78, 5) is 11.1. The van der Waals surface area contributed by atoms with Gasteiger partial charge in [-0.25, -0.2) is 0 Å². The van der Waals surface area contributed by atoms with Gasteiger partial charge in [-0.1, -0.05) is 13.8 Å². The van der Waals surface area contributed by atoms with Crippen LogP contribution < -0.4 is 5.32 Å². The third-order valence-electron chi connectivity index (χ3n) is 2.82. The maximum absolute atomic E-state index is 11.1. The minimum absolute atomic E-state index is 0.311. The fourth-order valence-corrected chi connectivity index (χ4v) is 1.34. The molecule has 0 saturated heterocycles. The van der Waals surface area contributed by atoms with E-state index in [-0.39, 0.29) is 0 Å². The first kappa shape index (κ1) is 12.7. The van der Waals surface area contributed by atoms with Gasteiger partial charge in [0.1, 0.15) is 5.54 Å². The van der Waals surface area contributed by atoms with E-state index in [0.29, 0.717) is 12.5 Å². The SMILES string of the molecule is CNC(C)(Cn1cc(C(C)C)cn1)C(=O)O. The number of nitrogens with one attached hydrogen (secondary N) is 1. The van der Waals surface area contributed by atoms with Crippen molar-refractivity contribution in [2.24, 2.45) is 0 Å². The molecule has 90 valence electrons. The van der Waals surface area contributed by atoms with Crippen LogP contribution in [0.2, 0.25) is 0 Å². The molecule has 0 aliphatic carbocycles. The van der Waals surface area contributed by atoms with Crippen LogP contribution in [-0.4, -0.2) is 33.4 Å². The lowest BCUT2D eigenvalue weighted by Gasteiger charge is -2.23. The van der Waals surface area contributed by atoms with E-state index in [1.54, 1.807) is 24.9 Å². The van der Waals surface area contributed by atoms with Gasteiger partial charge in [0.15, 0.2) is 0 Å². The van der Waals surface area contributed by atoms with Crippen molar-refractivity contribution in [3.63, 3.8) is 0 Å². The summed E-state index contributed by atoms with van der Waals surface area (Å²) in [6.07, 6.45) is 3.67. The largest absolute Gasteiger partial charge is 0.480 e. The molecule has 0 aromatic carbocycles. The minimum atomic E-state index is -0.986. The normalized spacial score (nSPS) is 15.1. The lowest BCUT2D eigenvalue weighted by molar-refractivity contribution is -0.144. The molecule has 0 radical (unpaired) electrons.